The highest BCUT2D eigenvalue weighted by Gasteiger charge is 2.26. The molecule has 0 aliphatic carbocycles. The molecular formula is C14H18N2O3S. The molecule has 6 heteroatoms. The third-order valence-electron chi connectivity index (χ3n) is 3.69. The molecule has 0 unspecified atom stereocenters. The molecule has 20 heavy (non-hydrogen) atoms. The summed E-state index contributed by atoms with van der Waals surface area (Å²) in [5.41, 5.74) is 0.413. The number of rotatable bonds is 3. The van der Waals surface area contributed by atoms with Crippen LogP contribution >= 0.6 is 11.8 Å². The molecule has 0 spiro atoms. The van der Waals surface area contributed by atoms with Gasteiger partial charge in [0, 0.05) is 24.2 Å². The number of carbonyl (C=O) groups excluding carboxylic acids is 1. The van der Waals surface area contributed by atoms with Gasteiger partial charge in [-0.05, 0) is 44.6 Å². The van der Waals surface area contributed by atoms with Crippen molar-refractivity contribution in [1.82, 2.24) is 4.90 Å². The van der Waals surface area contributed by atoms with Gasteiger partial charge in [-0.2, -0.15) is 0 Å². The maximum Gasteiger partial charge on any atom is 0.283 e. The number of nitro groups is 1. The van der Waals surface area contributed by atoms with E-state index in [1.165, 1.54) is 17.8 Å². The number of nitrogens with zero attached hydrogens (tertiary/aromatic N) is 2. The molecule has 1 heterocycles. The monoisotopic (exact) mass is 294 g/mol. The topological polar surface area (TPSA) is 63.5 Å². The molecule has 0 N–H and O–H groups in total. The summed E-state index contributed by atoms with van der Waals surface area (Å²) in [5.74, 6) is -0.104. The van der Waals surface area contributed by atoms with Crippen LogP contribution in [-0.4, -0.2) is 34.6 Å². The van der Waals surface area contributed by atoms with Gasteiger partial charge in [-0.3, -0.25) is 14.9 Å². The molecule has 1 aromatic carbocycles. The molecule has 0 aromatic heterocycles. The van der Waals surface area contributed by atoms with Crippen molar-refractivity contribution in [3.05, 3.63) is 33.9 Å². The van der Waals surface area contributed by atoms with E-state index in [-0.39, 0.29) is 17.6 Å². The van der Waals surface area contributed by atoms with Crippen LogP contribution in [0.3, 0.4) is 0 Å². The van der Waals surface area contributed by atoms with Gasteiger partial charge in [-0.25, -0.2) is 0 Å². The minimum Gasteiger partial charge on any atom is -0.336 e. The molecule has 0 bridgehead atoms. The molecule has 1 amide bonds. The van der Waals surface area contributed by atoms with Gasteiger partial charge in [0.25, 0.3) is 11.6 Å². The van der Waals surface area contributed by atoms with Crippen LogP contribution < -0.4 is 0 Å². The fourth-order valence-corrected chi connectivity index (χ4v) is 3.08. The first-order chi connectivity index (χ1) is 9.54. The summed E-state index contributed by atoms with van der Waals surface area (Å²) in [6, 6.07) is 4.94. The SMILES string of the molecule is CSc1ccc(C(=O)N2CCCC[C@@H]2C)cc1[N+](=O)[O-]. The lowest BCUT2D eigenvalue weighted by atomic mass is 10.0. The van der Waals surface area contributed by atoms with Crippen molar-refractivity contribution in [3.8, 4) is 0 Å². The predicted octanol–water partition coefficient (Wildman–Crippen LogP) is 3.33. The third kappa shape index (κ3) is 2.95. The van der Waals surface area contributed by atoms with E-state index in [9.17, 15) is 14.9 Å². The number of thioether (sulfide) groups is 1. The summed E-state index contributed by atoms with van der Waals surface area (Å²) in [6.07, 6.45) is 4.92. The van der Waals surface area contributed by atoms with E-state index in [1.807, 2.05) is 11.8 Å². The number of carbonyl (C=O) groups is 1. The summed E-state index contributed by atoms with van der Waals surface area (Å²) in [4.78, 5) is 25.5. The number of nitro benzene ring substituents is 1. The zero-order chi connectivity index (χ0) is 14.7. The lowest BCUT2D eigenvalue weighted by Crippen LogP contribution is -2.42. The molecule has 5 nitrogen and oxygen atoms in total. The fourth-order valence-electron chi connectivity index (χ4n) is 2.53. The van der Waals surface area contributed by atoms with E-state index in [1.54, 1.807) is 18.4 Å². The van der Waals surface area contributed by atoms with Crippen molar-refractivity contribution < 1.29 is 9.72 Å². The van der Waals surface area contributed by atoms with E-state index in [2.05, 4.69) is 0 Å². The van der Waals surface area contributed by atoms with Gasteiger partial charge in [0.2, 0.25) is 0 Å². The quantitative estimate of drug-likeness (QED) is 0.487. The average molecular weight is 294 g/mol. The van der Waals surface area contributed by atoms with Crippen LogP contribution in [0.25, 0.3) is 0 Å². The predicted molar refractivity (Wildman–Crippen MR) is 79.2 cm³/mol. The molecular weight excluding hydrogens is 276 g/mol. The maximum atomic E-state index is 12.5. The Morgan fingerprint density at radius 3 is 2.80 bits per heavy atom. The van der Waals surface area contributed by atoms with Gasteiger partial charge >= 0.3 is 0 Å². The molecule has 1 aromatic rings. The Labute approximate surface area is 122 Å². The van der Waals surface area contributed by atoms with Crippen LogP contribution in [0.15, 0.2) is 23.1 Å². The van der Waals surface area contributed by atoms with Gasteiger partial charge in [0.15, 0.2) is 0 Å². The van der Waals surface area contributed by atoms with Crippen molar-refractivity contribution in [2.75, 3.05) is 12.8 Å². The van der Waals surface area contributed by atoms with Crippen molar-refractivity contribution in [1.29, 1.82) is 0 Å². The number of amides is 1. The summed E-state index contributed by atoms with van der Waals surface area (Å²) in [5, 5.41) is 11.1. The van der Waals surface area contributed by atoms with Crippen LogP contribution in [0.4, 0.5) is 5.69 Å². The zero-order valence-corrected chi connectivity index (χ0v) is 12.5. The smallest absolute Gasteiger partial charge is 0.283 e. The normalized spacial score (nSPS) is 18.9. The van der Waals surface area contributed by atoms with Crippen LogP contribution in [0.5, 0.6) is 0 Å². The van der Waals surface area contributed by atoms with Crippen LogP contribution in [0, 0.1) is 10.1 Å². The highest BCUT2D eigenvalue weighted by atomic mass is 32.2. The third-order valence-corrected chi connectivity index (χ3v) is 4.47. The molecule has 1 aliphatic rings. The molecule has 1 atom stereocenters. The molecule has 108 valence electrons. The Bertz CT molecular complexity index is 533. The van der Waals surface area contributed by atoms with Crippen molar-refractivity contribution in [2.45, 2.75) is 37.1 Å². The van der Waals surface area contributed by atoms with Gasteiger partial charge in [0.1, 0.15) is 0 Å². The lowest BCUT2D eigenvalue weighted by Gasteiger charge is -2.33. The Morgan fingerprint density at radius 1 is 1.45 bits per heavy atom. The Balaban J connectivity index is 2.30. The van der Waals surface area contributed by atoms with Crippen molar-refractivity contribution in [3.63, 3.8) is 0 Å². The van der Waals surface area contributed by atoms with Crippen molar-refractivity contribution in [2.24, 2.45) is 0 Å². The maximum absolute atomic E-state index is 12.5. The fraction of sp³-hybridized carbons (Fsp3) is 0.500. The second-order valence-electron chi connectivity index (χ2n) is 4.99. The second-order valence-corrected chi connectivity index (χ2v) is 5.84. The molecule has 1 fully saturated rings. The number of likely N-dealkylation sites (tertiary alicyclic amines) is 1. The minimum absolute atomic E-state index is 0.00742. The van der Waals surface area contributed by atoms with Crippen LogP contribution in [0.2, 0.25) is 0 Å². The molecule has 0 radical (unpaired) electrons. The van der Waals surface area contributed by atoms with E-state index in [4.69, 9.17) is 0 Å². The van der Waals surface area contributed by atoms with Gasteiger partial charge in [0.05, 0.1) is 9.82 Å². The average Bonchev–Trinajstić information content (AvgIpc) is 2.46. The van der Waals surface area contributed by atoms with E-state index >= 15 is 0 Å². The Morgan fingerprint density at radius 2 is 2.20 bits per heavy atom. The number of benzene rings is 1. The lowest BCUT2D eigenvalue weighted by molar-refractivity contribution is -0.387. The molecule has 1 aliphatic heterocycles. The first-order valence-corrected chi connectivity index (χ1v) is 7.90. The minimum atomic E-state index is -0.428. The number of hydrogen-bond donors (Lipinski definition) is 0. The van der Waals surface area contributed by atoms with E-state index in [0.717, 1.165) is 25.8 Å². The summed E-state index contributed by atoms with van der Waals surface area (Å²) in [6.45, 7) is 2.76. The standard InChI is InChI=1S/C14H18N2O3S/c1-10-5-3-4-8-15(10)14(17)11-6-7-13(20-2)12(9-11)16(18)19/h6-7,9-10H,3-5,8H2,1-2H3/t10-/m0/s1. The summed E-state index contributed by atoms with van der Waals surface area (Å²) >= 11 is 1.31. The zero-order valence-electron chi connectivity index (χ0n) is 11.7. The second kappa shape index (κ2) is 6.26. The van der Waals surface area contributed by atoms with Gasteiger partial charge in [-0.1, -0.05) is 0 Å². The first kappa shape index (κ1) is 14.8. The molecule has 0 saturated carbocycles. The largest absolute Gasteiger partial charge is 0.336 e. The number of hydrogen-bond acceptors (Lipinski definition) is 4. The summed E-state index contributed by atoms with van der Waals surface area (Å²) in [7, 11) is 0. The first-order valence-electron chi connectivity index (χ1n) is 6.68. The number of piperidine rings is 1. The molecule has 2 rings (SSSR count). The highest BCUT2D eigenvalue weighted by molar-refractivity contribution is 7.98. The highest BCUT2D eigenvalue weighted by Crippen LogP contribution is 2.29. The van der Waals surface area contributed by atoms with E-state index < -0.39 is 4.92 Å². The van der Waals surface area contributed by atoms with E-state index in [0.29, 0.717) is 10.5 Å². The van der Waals surface area contributed by atoms with Crippen LogP contribution in [0.1, 0.15) is 36.5 Å². The molecule has 1 saturated heterocycles. The Kier molecular flexibility index (Phi) is 4.65. The van der Waals surface area contributed by atoms with Crippen molar-refractivity contribution >= 4 is 23.4 Å². The summed E-state index contributed by atoms with van der Waals surface area (Å²) < 4.78 is 0. The van der Waals surface area contributed by atoms with Crippen LogP contribution in [-0.2, 0) is 0 Å². The Hall–Kier alpha value is -1.56. The van der Waals surface area contributed by atoms with Gasteiger partial charge < -0.3 is 4.90 Å². The van der Waals surface area contributed by atoms with Gasteiger partial charge in [-0.15, -0.1) is 11.8 Å².